The topological polar surface area (TPSA) is 87.7 Å². The number of methoxy groups -OCH3 is 1. The van der Waals surface area contributed by atoms with E-state index in [2.05, 4.69) is 10.6 Å². The first-order valence-electron chi connectivity index (χ1n) is 9.74. The van der Waals surface area contributed by atoms with Crippen molar-refractivity contribution in [2.75, 3.05) is 22.6 Å². The molecule has 0 radical (unpaired) electrons. The lowest BCUT2D eigenvalue weighted by atomic mass is 10.2. The lowest BCUT2D eigenvalue weighted by molar-refractivity contribution is -0.120. The van der Waals surface area contributed by atoms with E-state index in [0.717, 1.165) is 4.90 Å². The molecule has 0 aromatic heterocycles. The number of nitrogens with zero attached hydrogens (tertiary/aromatic N) is 1. The van der Waals surface area contributed by atoms with Crippen LogP contribution < -0.4 is 20.3 Å². The van der Waals surface area contributed by atoms with Gasteiger partial charge < -0.3 is 15.4 Å². The number of anilines is 3. The second kappa shape index (κ2) is 9.36. The molecule has 0 atom stereocenters. The quantitative estimate of drug-likeness (QED) is 0.481. The van der Waals surface area contributed by atoms with Crippen LogP contribution in [0.4, 0.5) is 17.1 Å². The van der Waals surface area contributed by atoms with Gasteiger partial charge in [0.1, 0.15) is 16.5 Å². The third kappa shape index (κ3) is 4.55. The summed E-state index contributed by atoms with van der Waals surface area (Å²) < 4.78 is 5.10. The van der Waals surface area contributed by atoms with Crippen LogP contribution in [0.3, 0.4) is 0 Å². The van der Waals surface area contributed by atoms with Gasteiger partial charge in [-0.3, -0.25) is 14.4 Å². The molecule has 2 N–H and O–H groups in total. The van der Waals surface area contributed by atoms with Crippen LogP contribution >= 0.6 is 23.2 Å². The van der Waals surface area contributed by atoms with Crippen LogP contribution in [-0.4, -0.2) is 24.8 Å². The third-order valence-corrected chi connectivity index (χ3v) is 5.56. The molecule has 166 valence electrons. The molecular formula is C24H17Cl2N3O4. The van der Waals surface area contributed by atoms with Crippen molar-refractivity contribution in [3.8, 4) is 5.75 Å². The smallest absolute Gasteiger partial charge is 0.283 e. The third-order valence-electron chi connectivity index (χ3n) is 4.88. The molecule has 1 aliphatic rings. The summed E-state index contributed by atoms with van der Waals surface area (Å²) in [6.07, 6.45) is 0. The number of benzene rings is 3. The van der Waals surface area contributed by atoms with Crippen molar-refractivity contribution in [2.24, 2.45) is 0 Å². The molecule has 0 fully saturated rings. The van der Waals surface area contributed by atoms with Crippen molar-refractivity contribution in [1.29, 1.82) is 0 Å². The Hall–Kier alpha value is -3.81. The Morgan fingerprint density at radius 2 is 1.48 bits per heavy atom. The van der Waals surface area contributed by atoms with Gasteiger partial charge in [-0.1, -0.05) is 35.3 Å². The van der Waals surface area contributed by atoms with Crippen LogP contribution in [0.2, 0.25) is 5.02 Å². The minimum absolute atomic E-state index is 0.0722. The molecule has 4 rings (SSSR count). The number of hydrogen-bond donors (Lipinski definition) is 2. The molecule has 1 aliphatic heterocycles. The molecule has 3 amide bonds. The summed E-state index contributed by atoms with van der Waals surface area (Å²) in [4.78, 5) is 38.9. The fourth-order valence-corrected chi connectivity index (χ4v) is 3.62. The minimum Gasteiger partial charge on any atom is -0.497 e. The summed E-state index contributed by atoms with van der Waals surface area (Å²) in [5.41, 5.74) is 1.68. The largest absolute Gasteiger partial charge is 0.497 e. The lowest BCUT2D eigenvalue weighted by Crippen LogP contribution is -2.32. The highest BCUT2D eigenvalue weighted by Gasteiger charge is 2.39. The Balaban J connectivity index is 1.47. The van der Waals surface area contributed by atoms with Gasteiger partial charge in [0.25, 0.3) is 17.7 Å². The molecule has 3 aromatic carbocycles. The van der Waals surface area contributed by atoms with E-state index in [1.165, 1.54) is 0 Å². The van der Waals surface area contributed by atoms with Crippen LogP contribution in [0.15, 0.2) is 83.5 Å². The van der Waals surface area contributed by atoms with Crippen molar-refractivity contribution in [1.82, 2.24) is 0 Å². The van der Waals surface area contributed by atoms with E-state index < -0.39 is 11.8 Å². The number of halogens is 2. The van der Waals surface area contributed by atoms with Gasteiger partial charge in [0.15, 0.2) is 0 Å². The molecule has 0 unspecified atom stereocenters. The maximum atomic E-state index is 12.9. The first kappa shape index (κ1) is 22.4. The summed E-state index contributed by atoms with van der Waals surface area (Å²) in [6, 6.07) is 19.8. The van der Waals surface area contributed by atoms with Gasteiger partial charge in [-0.2, -0.15) is 0 Å². The number of hydrogen-bond acceptors (Lipinski definition) is 5. The molecule has 3 aromatic rings. The number of carbonyl (C=O) groups excluding carboxylic acids is 3. The summed E-state index contributed by atoms with van der Waals surface area (Å²) in [7, 11) is 1.57. The zero-order valence-electron chi connectivity index (χ0n) is 17.3. The molecule has 0 saturated carbocycles. The van der Waals surface area contributed by atoms with E-state index in [1.54, 1.807) is 79.9 Å². The van der Waals surface area contributed by atoms with E-state index in [-0.39, 0.29) is 27.3 Å². The highest BCUT2D eigenvalue weighted by Crippen LogP contribution is 2.34. The van der Waals surface area contributed by atoms with Crippen molar-refractivity contribution in [3.63, 3.8) is 0 Å². The Kier molecular flexibility index (Phi) is 6.35. The Labute approximate surface area is 199 Å². The molecule has 0 spiro atoms. The van der Waals surface area contributed by atoms with Crippen molar-refractivity contribution in [2.45, 2.75) is 0 Å². The predicted molar refractivity (Wildman–Crippen MR) is 128 cm³/mol. The number of para-hydroxylation sites is 1. The lowest BCUT2D eigenvalue weighted by Gasteiger charge is -2.16. The van der Waals surface area contributed by atoms with Gasteiger partial charge >= 0.3 is 0 Å². The van der Waals surface area contributed by atoms with Gasteiger partial charge in [-0.25, -0.2) is 4.90 Å². The van der Waals surface area contributed by atoms with Crippen LogP contribution in [-0.2, 0) is 9.59 Å². The van der Waals surface area contributed by atoms with E-state index in [1.807, 2.05) is 0 Å². The number of imide groups is 1. The van der Waals surface area contributed by atoms with Crippen LogP contribution in [0.25, 0.3) is 0 Å². The molecule has 0 aliphatic carbocycles. The summed E-state index contributed by atoms with van der Waals surface area (Å²) in [6.45, 7) is 0. The number of amides is 3. The molecule has 0 saturated heterocycles. The van der Waals surface area contributed by atoms with Crippen molar-refractivity contribution in [3.05, 3.63) is 94.1 Å². The second-order valence-corrected chi connectivity index (χ2v) is 7.76. The normalized spacial score (nSPS) is 13.4. The van der Waals surface area contributed by atoms with E-state index in [9.17, 15) is 14.4 Å². The highest BCUT2D eigenvalue weighted by atomic mass is 35.5. The van der Waals surface area contributed by atoms with Gasteiger partial charge in [0.2, 0.25) is 0 Å². The molecular weight excluding hydrogens is 465 g/mol. The van der Waals surface area contributed by atoms with Crippen LogP contribution in [0.1, 0.15) is 10.4 Å². The number of nitrogens with one attached hydrogen (secondary N) is 2. The van der Waals surface area contributed by atoms with E-state index in [4.69, 9.17) is 27.9 Å². The molecule has 0 bridgehead atoms. The van der Waals surface area contributed by atoms with Gasteiger partial charge in [-0.05, 0) is 60.7 Å². The monoisotopic (exact) mass is 481 g/mol. The Bertz CT molecular complexity index is 1270. The zero-order valence-corrected chi connectivity index (χ0v) is 18.8. The Morgan fingerprint density at radius 1 is 0.848 bits per heavy atom. The Morgan fingerprint density at radius 3 is 2.12 bits per heavy atom. The van der Waals surface area contributed by atoms with Crippen molar-refractivity contribution >= 4 is 58.0 Å². The first-order chi connectivity index (χ1) is 15.9. The van der Waals surface area contributed by atoms with E-state index in [0.29, 0.717) is 22.7 Å². The average Bonchev–Trinajstić information content (AvgIpc) is 3.03. The molecule has 33 heavy (non-hydrogen) atoms. The SMILES string of the molecule is COc1ccc(NC(=O)c2ccc(NC3=C(Cl)C(=O)N(c4ccccc4Cl)C3=O)cc2)cc1. The molecule has 7 nitrogen and oxygen atoms in total. The first-order valence-corrected chi connectivity index (χ1v) is 10.5. The summed E-state index contributed by atoms with van der Waals surface area (Å²) in [5.74, 6) is -0.919. The minimum atomic E-state index is -0.673. The standard InChI is InChI=1S/C24H17Cl2N3O4/c1-33-17-12-10-16(11-13-17)28-22(30)14-6-8-15(9-7-14)27-21-20(26)23(31)29(24(21)32)19-5-3-2-4-18(19)25/h2-13,27H,1H3,(H,28,30). The maximum absolute atomic E-state index is 12.9. The maximum Gasteiger partial charge on any atom is 0.283 e. The van der Waals surface area contributed by atoms with Crippen LogP contribution in [0, 0.1) is 0 Å². The fourth-order valence-electron chi connectivity index (χ4n) is 3.19. The number of rotatable bonds is 6. The summed E-state index contributed by atoms with van der Waals surface area (Å²) >= 11 is 12.3. The van der Waals surface area contributed by atoms with E-state index >= 15 is 0 Å². The van der Waals surface area contributed by atoms with Gasteiger partial charge in [-0.15, -0.1) is 0 Å². The number of carbonyl (C=O) groups is 3. The molecule has 1 heterocycles. The second-order valence-electron chi connectivity index (χ2n) is 6.97. The van der Waals surface area contributed by atoms with Crippen molar-refractivity contribution < 1.29 is 19.1 Å². The van der Waals surface area contributed by atoms with Crippen LogP contribution in [0.5, 0.6) is 5.75 Å². The summed E-state index contributed by atoms with van der Waals surface area (Å²) in [5, 5.41) is 5.65. The van der Waals surface area contributed by atoms with Gasteiger partial charge in [0.05, 0.1) is 17.8 Å². The average molecular weight is 482 g/mol. The zero-order chi connectivity index (χ0) is 23.5. The number of ether oxygens (including phenoxy) is 1. The predicted octanol–water partition coefficient (Wildman–Crippen LogP) is 5.04. The fraction of sp³-hybridized carbons (Fsp3) is 0.0417. The highest BCUT2D eigenvalue weighted by molar-refractivity contribution is 6.53. The molecule has 9 heteroatoms. The van der Waals surface area contributed by atoms with Gasteiger partial charge in [0, 0.05) is 16.9 Å².